The molecule has 1 rings (SSSR count). The van der Waals surface area contributed by atoms with Gasteiger partial charge in [-0.05, 0) is 45.9 Å². The summed E-state index contributed by atoms with van der Waals surface area (Å²) in [6, 6.07) is 3.50. The minimum Gasteiger partial charge on any atom is -0.495 e. The molecule has 0 unspecified atom stereocenters. The molecule has 0 heterocycles. The van der Waals surface area contributed by atoms with Gasteiger partial charge in [-0.15, -0.1) is 0 Å². The summed E-state index contributed by atoms with van der Waals surface area (Å²) in [6.45, 7) is 6.12. The Labute approximate surface area is 147 Å². The SMILES string of the molecule is COc1ccc(C(=O)OCC(=O)OC(C)C)cc1S(=O)(=O)NC(C)C. The van der Waals surface area contributed by atoms with E-state index < -0.39 is 28.6 Å². The molecular weight excluding hydrogens is 350 g/mol. The average molecular weight is 373 g/mol. The Kier molecular flexibility index (Phi) is 7.38. The Morgan fingerprint density at radius 1 is 1.16 bits per heavy atom. The fourth-order valence-corrected chi connectivity index (χ4v) is 3.34. The van der Waals surface area contributed by atoms with Gasteiger partial charge >= 0.3 is 11.9 Å². The zero-order chi connectivity index (χ0) is 19.2. The molecule has 0 aliphatic heterocycles. The fourth-order valence-electron chi connectivity index (χ4n) is 1.89. The van der Waals surface area contributed by atoms with Crippen LogP contribution in [0.3, 0.4) is 0 Å². The second-order valence-electron chi connectivity index (χ2n) is 5.76. The minimum absolute atomic E-state index is 0.0257. The van der Waals surface area contributed by atoms with E-state index in [4.69, 9.17) is 14.2 Å². The molecule has 0 spiro atoms. The zero-order valence-corrected chi connectivity index (χ0v) is 15.7. The fraction of sp³-hybridized carbons (Fsp3) is 0.500. The van der Waals surface area contributed by atoms with Crippen molar-refractivity contribution in [2.75, 3.05) is 13.7 Å². The highest BCUT2D eigenvalue weighted by atomic mass is 32.2. The van der Waals surface area contributed by atoms with Crippen LogP contribution in [0.15, 0.2) is 23.1 Å². The van der Waals surface area contributed by atoms with E-state index >= 15 is 0 Å². The van der Waals surface area contributed by atoms with Crippen molar-refractivity contribution in [2.45, 2.75) is 44.7 Å². The van der Waals surface area contributed by atoms with E-state index in [0.29, 0.717) is 0 Å². The molecule has 1 aromatic carbocycles. The van der Waals surface area contributed by atoms with Crippen molar-refractivity contribution in [1.82, 2.24) is 4.72 Å². The molecule has 8 nitrogen and oxygen atoms in total. The lowest BCUT2D eigenvalue weighted by Crippen LogP contribution is -2.30. The van der Waals surface area contributed by atoms with Gasteiger partial charge in [-0.2, -0.15) is 0 Å². The smallest absolute Gasteiger partial charge is 0.344 e. The monoisotopic (exact) mass is 373 g/mol. The minimum atomic E-state index is -3.88. The van der Waals surface area contributed by atoms with Crippen LogP contribution >= 0.6 is 0 Å². The highest BCUT2D eigenvalue weighted by Gasteiger charge is 2.23. The number of benzene rings is 1. The third kappa shape index (κ3) is 6.35. The van der Waals surface area contributed by atoms with Gasteiger partial charge in [0.2, 0.25) is 10.0 Å². The van der Waals surface area contributed by atoms with Crippen molar-refractivity contribution in [3.63, 3.8) is 0 Å². The maximum absolute atomic E-state index is 12.4. The van der Waals surface area contributed by atoms with Crippen molar-refractivity contribution < 1.29 is 32.2 Å². The van der Waals surface area contributed by atoms with E-state index in [2.05, 4.69) is 4.72 Å². The quantitative estimate of drug-likeness (QED) is 0.688. The number of carbonyl (C=O) groups excluding carboxylic acids is 2. The first kappa shape index (κ1) is 20.9. The van der Waals surface area contributed by atoms with Gasteiger partial charge in [-0.1, -0.05) is 0 Å². The molecule has 25 heavy (non-hydrogen) atoms. The van der Waals surface area contributed by atoms with Crippen LogP contribution in [0.4, 0.5) is 0 Å². The molecule has 0 bridgehead atoms. The number of methoxy groups -OCH3 is 1. The second-order valence-corrected chi connectivity index (χ2v) is 7.44. The van der Waals surface area contributed by atoms with E-state index in [1.807, 2.05) is 0 Å². The molecule has 1 aromatic rings. The summed E-state index contributed by atoms with van der Waals surface area (Å²) in [5.41, 5.74) is -0.0257. The lowest BCUT2D eigenvalue weighted by atomic mass is 10.2. The molecule has 0 fully saturated rings. The topological polar surface area (TPSA) is 108 Å². The van der Waals surface area contributed by atoms with Gasteiger partial charge in [0.25, 0.3) is 0 Å². The van der Waals surface area contributed by atoms with Crippen molar-refractivity contribution in [1.29, 1.82) is 0 Å². The standard InChI is InChI=1S/C16H23NO7S/c1-10(2)17-25(20,21)14-8-12(6-7-13(14)22-5)16(19)23-9-15(18)24-11(3)4/h6-8,10-11,17H,9H2,1-5H3. The van der Waals surface area contributed by atoms with Gasteiger partial charge in [-0.25, -0.2) is 22.7 Å². The first-order valence-corrected chi connectivity index (χ1v) is 9.12. The number of rotatable bonds is 8. The molecule has 0 radical (unpaired) electrons. The Hall–Kier alpha value is -2.13. The first-order valence-electron chi connectivity index (χ1n) is 7.63. The van der Waals surface area contributed by atoms with Crippen LogP contribution in [0.2, 0.25) is 0 Å². The van der Waals surface area contributed by atoms with Gasteiger partial charge in [0, 0.05) is 6.04 Å². The highest BCUT2D eigenvalue weighted by Crippen LogP contribution is 2.25. The number of sulfonamides is 1. The van der Waals surface area contributed by atoms with Crippen LogP contribution in [0.25, 0.3) is 0 Å². The number of carbonyl (C=O) groups is 2. The number of hydrogen-bond acceptors (Lipinski definition) is 7. The summed E-state index contributed by atoms with van der Waals surface area (Å²) in [5.74, 6) is -1.44. The summed E-state index contributed by atoms with van der Waals surface area (Å²) < 4.78 is 41.9. The van der Waals surface area contributed by atoms with Gasteiger partial charge in [0.1, 0.15) is 10.6 Å². The number of nitrogens with one attached hydrogen (secondary N) is 1. The summed E-state index contributed by atoms with van der Waals surface area (Å²) >= 11 is 0. The Balaban J connectivity index is 3.01. The van der Waals surface area contributed by atoms with E-state index in [1.165, 1.54) is 19.2 Å². The summed E-state index contributed by atoms with van der Waals surface area (Å²) in [7, 11) is -2.56. The molecule has 0 saturated carbocycles. The Morgan fingerprint density at radius 3 is 2.32 bits per heavy atom. The third-order valence-electron chi connectivity index (χ3n) is 2.77. The van der Waals surface area contributed by atoms with E-state index in [0.717, 1.165) is 6.07 Å². The molecule has 0 saturated heterocycles. The Bertz CT molecular complexity index is 726. The average Bonchev–Trinajstić information content (AvgIpc) is 2.50. The van der Waals surface area contributed by atoms with Crippen LogP contribution in [-0.4, -0.2) is 46.2 Å². The first-order chi connectivity index (χ1) is 11.6. The van der Waals surface area contributed by atoms with Gasteiger partial charge in [-0.3, -0.25) is 0 Å². The van der Waals surface area contributed by atoms with E-state index in [1.54, 1.807) is 27.7 Å². The maximum atomic E-state index is 12.4. The maximum Gasteiger partial charge on any atom is 0.344 e. The van der Waals surface area contributed by atoms with Crippen LogP contribution < -0.4 is 9.46 Å². The van der Waals surface area contributed by atoms with Crippen LogP contribution in [0.1, 0.15) is 38.1 Å². The predicted octanol–water partition coefficient (Wildman–Crippen LogP) is 1.49. The third-order valence-corrected chi connectivity index (χ3v) is 4.45. The molecule has 140 valence electrons. The zero-order valence-electron chi connectivity index (χ0n) is 14.9. The number of ether oxygens (including phenoxy) is 3. The molecule has 0 amide bonds. The van der Waals surface area contributed by atoms with Gasteiger partial charge in [0.15, 0.2) is 6.61 Å². The number of hydrogen-bond donors (Lipinski definition) is 1. The van der Waals surface area contributed by atoms with Crippen LogP contribution in [0.5, 0.6) is 5.75 Å². The molecule has 0 aliphatic rings. The lowest BCUT2D eigenvalue weighted by Gasteiger charge is -2.14. The molecule has 0 atom stereocenters. The van der Waals surface area contributed by atoms with Crippen LogP contribution in [-0.2, 0) is 24.3 Å². The molecule has 0 aliphatic carbocycles. The Morgan fingerprint density at radius 2 is 1.80 bits per heavy atom. The predicted molar refractivity (Wildman–Crippen MR) is 90.0 cm³/mol. The molecule has 1 N–H and O–H groups in total. The second kappa shape index (κ2) is 8.82. The molecule has 9 heteroatoms. The van der Waals surface area contributed by atoms with E-state index in [-0.39, 0.29) is 28.4 Å². The van der Waals surface area contributed by atoms with Gasteiger partial charge < -0.3 is 14.2 Å². The molecule has 0 aromatic heterocycles. The lowest BCUT2D eigenvalue weighted by molar-refractivity contribution is -0.150. The van der Waals surface area contributed by atoms with Gasteiger partial charge in [0.05, 0.1) is 18.8 Å². The van der Waals surface area contributed by atoms with Crippen molar-refractivity contribution in [2.24, 2.45) is 0 Å². The van der Waals surface area contributed by atoms with Crippen molar-refractivity contribution in [3.8, 4) is 5.75 Å². The molecular formula is C16H23NO7S. The largest absolute Gasteiger partial charge is 0.495 e. The summed E-state index contributed by atoms with van der Waals surface area (Å²) in [5, 5.41) is 0. The van der Waals surface area contributed by atoms with Crippen molar-refractivity contribution >= 4 is 22.0 Å². The summed E-state index contributed by atoms with van der Waals surface area (Å²) in [6.07, 6.45) is -0.328. The highest BCUT2D eigenvalue weighted by molar-refractivity contribution is 7.89. The van der Waals surface area contributed by atoms with Crippen LogP contribution in [0, 0.1) is 0 Å². The number of esters is 2. The summed E-state index contributed by atoms with van der Waals surface area (Å²) in [4.78, 5) is 23.3. The van der Waals surface area contributed by atoms with Crippen molar-refractivity contribution in [3.05, 3.63) is 23.8 Å². The normalized spacial score (nSPS) is 11.5. The van der Waals surface area contributed by atoms with E-state index in [9.17, 15) is 18.0 Å².